The van der Waals surface area contributed by atoms with E-state index in [1.807, 2.05) is 38.1 Å². The summed E-state index contributed by atoms with van der Waals surface area (Å²) in [5.41, 5.74) is 2.17. The fourth-order valence-electron chi connectivity index (χ4n) is 3.08. The zero-order chi connectivity index (χ0) is 18.2. The molecule has 0 N–H and O–H groups in total. The predicted octanol–water partition coefficient (Wildman–Crippen LogP) is 3.17. The first kappa shape index (κ1) is 17.8. The van der Waals surface area contributed by atoms with E-state index in [-0.39, 0.29) is 19.1 Å². The number of aryl methyl sites for hydroxylation is 1. The van der Waals surface area contributed by atoms with Crippen LogP contribution in [0.5, 0.6) is 0 Å². The van der Waals surface area contributed by atoms with Crippen molar-refractivity contribution in [2.24, 2.45) is 0 Å². The second kappa shape index (κ2) is 6.72. The minimum Gasteiger partial charge on any atom is -0.366 e. The van der Waals surface area contributed by atoms with Crippen molar-refractivity contribution in [3.63, 3.8) is 0 Å². The number of nitrogens with zero attached hydrogens (tertiary/aromatic N) is 2. The summed E-state index contributed by atoms with van der Waals surface area (Å²) >= 11 is 0. The third kappa shape index (κ3) is 3.52. The van der Waals surface area contributed by atoms with Crippen molar-refractivity contribution >= 4 is 15.7 Å². The second-order valence-electron chi connectivity index (χ2n) is 6.32. The maximum Gasteiger partial charge on any atom is 0.246 e. The summed E-state index contributed by atoms with van der Waals surface area (Å²) < 4.78 is 53.9. The molecule has 1 heterocycles. The van der Waals surface area contributed by atoms with Gasteiger partial charge in [0.2, 0.25) is 10.0 Å². The summed E-state index contributed by atoms with van der Waals surface area (Å²) in [6.07, 6.45) is 0. The molecule has 1 fully saturated rings. The molecular formula is C18H20F2N2O2S. The lowest BCUT2D eigenvalue weighted by molar-refractivity contribution is 0.341. The zero-order valence-electron chi connectivity index (χ0n) is 14.1. The van der Waals surface area contributed by atoms with E-state index in [4.69, 9.17) is 0 Å². The highest BCUT2D eigenvalue weighted by Crippen LogP contribution is 2.26. The Morgan fingerprint density at radius 2 is 1.72 bits per heavy atom. The normalized spacial score (nSPS) is 19.2. The van der Waals surface area contributed by atoms with Crippen LogP contribution in [0.25, 0.3) is 0 Å². The molecule has 3 rings (SSSR count). The van der Waals surface area contributed by atoms with Gasteiger partial charge in [-0.3, -0.25) is 0 Å². The van der Waals surface area contributed by atoms with Crippen LogP contribution in [0.2, 0.25) is 0 Å². The average molecular weight is 366 g/mol. The summed E-state index contributed by atoms with van der Waals surface area (Å²) in [4.78, 5) is 1.51. The predicted molar refractivity (Wildman–Crippen MR) is 93.1 cm³/mol. The van der Waals surface area contributed by atoms with E-state index < -0.39 is 26.6 Å². The number of halogens is 2. The molecule has 0 saturated carbocycles. The average Bonchev–Trinajstić information content (AvgIpc) is 2.58. The summed E-state index contributed by atoms with van der Waals surface area (Å²) in [5, 5.41) is 0. The first-order valence-corrected chi connectivity index (χ1v) is 9.51. The van der Waals surface area contributed by atoms with Crippen molar-refractivity contribution in [3.8, 4) is 0 Å². The van der Waals surface area contributed by atoms with Crippen molar-refractivity contribution in [2.45, 2.75) is 24.8 Å². The first-order chi connectivity index (χ1) is 11.8. The van der Waals surface area contributed by atoms with Gasteiger partial charge in [-0.25, -0.2) is 17.2 Å². The maximum atomic E-state index is 13.9. The van der Waals surface area contributed by atoms with Crippen molar-refractivity contribution in [2.75, 3.05) is 24.5 Å². The van der Waals surface area contributed by atoms with E-state index in [2.05, 4.69) is 4.90 Å². The van der Waals surface area contributed by atoms with Crippen LogP contribution >= 0.6 is 0 Å². The van der Waals surface area contributed by atoms with Crippen LogP contribution in [0.3, 0.4) is 0 Å². The number of piperazine rings is 1. The molecular weight excluding hydrogens is 346 g/mol. The van der Waals surface area contributed by atoms with Crippen LogP contribution in [-0.2, 0) is 10.0 Å². The molecule has 1 aliphatic rings. The van der Waals surface area contributed by atoms with Crippen LogP contribution in [0.15, 0.2) is 47.4 Å². The van der Waals surface area contributed by atoms with Gasteiger partial charge in [0.1, 0.15) is 16.5 Å². The number of hydrogen-bond acceptors (Lipinski definition) is 3. The maximum absolute atomic E-state index is 13.9. The first-order valence-electron chi connectivity index (χ1n) is 8.07. The Hall–Kier alpha value is -1.99. The molecule has 1 atom stereocenters. The fraction of sp³-hybridized carbons (Fsp3) is 0.333. The molecule has 25 heavy (non-hydrogen) atoms. The Bertz CT molecular complexity index is 869. The van der Waals surface area contributed by atoms with Gasteiger partial charge in [-0.15, -0.1) is 0 Å². The van der Waals surface area contributed by atoms with E-state index >= 15 is 0 Å². The highest BCUT2D eigenvalue weighted by atomic mass is 32.2. The van der Waals surface area contributed by atoms with Crippen LogP contribution in [0.1, 0.15) is 12.5 Å². The van der Waals surface area contributed by atoms with E-state index in [1.165, 1.54) is 4.31 Å². The molecule has 0 bridgehead atoms. The minimum absolute atomic E-state index is 0.0807. The molecule has 0 amide bonds. The highest BCUT2D eigenvalue weighted by molar-refractivity contribution is 7.89. The molecule has 0 radical (unpaired) electrons. The van der Waals surface area contributed by atoms with E-state index in [0.29, 0.717) is 6.54 Å². The lowest BCUT2D eigenvalue weighted by Gasteiger charge is -2.40. The Morgan fingerprint density at radius 1 is 1.04 bits per heavy atom. The lowest BCUT2D eigenvalue weighted by Crippen LogP contribution is -2.53. The molecule has 2 aromatic rings. The van der Waals surface area contributed by atoms with Crippen LogP contribution in [-0.4, -0.2) is 38.4 Å². The van der Waals surface area contributed by atoms with Gasteiger partial charge in [-0.05, 0) is 44.2 Å². The van der Waals surface area contributed by atoms with Crippen LogP contribution in [0.4, 0.5) is 14.5 Å². The van der Waals surface area contributed by atoms with Gasteiger partial charge in [0.15, 0.2) is 0 Å². The Morgan fingerprint density at radius 3 is 2.36 bits per heavy atom. The zero-order valence-corrected chi connectivity index (χ0v) is 14.9. The second-order valence-corrected chi connectivity index (χ2v) is 8.22. The number of sulfonamides is 1. The molecule has 2 aromatic carbocycles. The van der Waals surface area contributed by atoms with Gasteiger partial charge in [0.25, 0.3) is 0 Å². The van der Waals surface area contributed by atoms with Gasteiger partial charge in [0, 0.05) is 31.4 Å². The number of rotatable bonds is 3. The lowest BCUT2D eigenvalue weighted by atomic mass is 10.1. The Kier molecular flexibility index (Phi) is 4.79. The molecule has 1 unspecified atom stereocenters. The monoisotopic (exact) mass is 366 g/mol. The highest BCUT2D eigenvalue weighted by Gasteiger charge is 2.34. The molecule has 134 valence electrons. The van der Waals surface area contributed by atoms with Gasteiger partial charge in [-0.2, -0.15) is 4.31 Å². The summed E-state index contributed by atoms with van der Waals surface area (Å²) in [5.74, 6) is -1.71. The summed E-state index contributed by atoms with van der Waals surface area (Å²) in [7, 11) is -4.07. The van der Waals surface area contributed by atoms with E-state index in [9.17, 15) is 17.2 Å². The number of anilines is 1. The Balaban J connectivity index is 1.82. The van der Waals surface area contributed by atoms with Gasteiger partial charge in [0.05, 0.1) is 0 Å². The van der Waals surface area contributed by atoms with E-state index in [1.54, 1.807) is 0 Å². The van der Waals surface area contributed by atoms with Crippen molar-refractivity contribution in [1.29, 1.82) is 0 Å². The van der Waals surface area contributed by atoms with E-state index in [0.717, 1.165) is 29.4 Å². The van der Waals surface area contributed by atoms with Crippen LogP contribution in [0, 0.1) is 18.6 Å². The van der Waals surface area contributed by atoms with Crippen molar-refractivity contribution < 1.29 is 17.2 Å². The summed E-state index contributed by atoms with van der Waals surface area (Å²) in [6.45, 7) is 4.85. The fourth-order valence-corrected chi connectivity index (χ4v) is 4.66. The molecule has 0 aromatic heterocycles. The third-order valence-electron chi connectivity index (χ3n) is 4.47. The quantitative estimate of drug-likeness (QED) is 0.838. The Labute approximate surface area is 146 Å². The largest absolute Gasteiger partial charge is 0.366 e. The third-order valence-corrected chi connectivity index (χ3v) is 6.35. The minimum atomic E-state index is -4.07. The molecule has 1 saturated heterocycles. The molecule has 0 aliphatic carbocycles. The molecule has 0 spiro atoms. The molecule has 1 aliphatic heterocycles. The number of hydrogen-bond donors (Lipinski definition) is 0. The van der Waals surface area contributed by atoms with Crippen LogP contribution < -0.4 is 4.90 Å². The smallest absolute Gasteiger partial charge is 0.246 e. The molecule has 7 heteroatoms. The van der Waals surface area contributed by atoms with Gasteiger partial charge in [-0.1, -0.05) is 17.7 Å². The molecule has 4 nitrogen and oxygen atoms in total. The van der Waals surface area contributed by atoms with Crippen molar-refractivity contribution in [1.82, 2.24) is 4.31 Å². The van der Waals surface area contributed by atoms with Gasteiger partial charge < -0.3 is 4.90 Å². The van der Waals surface area contributed by atoms with Gasteiger partial charge >= 0.3 is 0 Å². The summed E-state index contributed by atoms with van der Waals surface area (Å²) in [6, 6.07) is 10.4. The standard InChI is InChI=1S/C18H20F2N2O2S/c1-13-3-6-16(7-4-13)22-10-9-21(12-14(22)2)25(23,24)18-11-15(19)5-8-17(18)20/h3-8,11,14H,9-10,12H2,1-2H3. The number of benzene rings is 2. The SMILES string of the molecule is Cc1ccc(N2CCN(S(=O)(=O)c3cc(F)ccc3F)CC2C)cc1. The topological polar surface area (TPSA) is 40.6 Å². The van der Waals surface area contributed by atoms with Crippen molar-refractivity contribution in [3.05, 3.63) is 59.7 Å².